The minimum atomic E-state index is -3.68. The molecule has 1 aromatic carbocycles. The van der Waals surface area contributed by atoms with Gasteiger partial charge in [0.2, 0.25) is 10.0 Å². The fourth-order valence-electron chi connectivity index (χ4n) is 3.99. The number of sulfonamides is 1. The van der Waals surface area contributed by atoms with Crippen LogP contribution in [-0.4, -0.2) is 56.3 Å². The van der Waals surface area contributed by atoms with Crippen molar-refractivity contribution < 1.29 is 13.2 Å². The first-order chi connectivity index (χ1) is 14.5. The van der Waals surface area contributed by atoms with Gasteiger partial charge in [-0.2, -0.15) is 15.6 Å². The van der Waals surface area contributed by atoms with Crippen molar-refractivity contribution in [1.29, 1.82) is 0 Å². The predicted octanol–water partition coefficient (Wildman–Crippen LogP) is 3.74. The average molecular weight is 450 g/mol. The molecule has 1 aromatic heterocycles. The summed E-state index contributed by atoms with van der Waals surface area (Å²) in [6.45, 7) is 7.40. The Morgan fingerprint density at radius 2 is 1.83 bits per heavy atom. The number of benzene rings is 1. The molecular weight excluding hydrogens is 418 g/mol. The summed E-state index contributed by atoms with van der Waals surface area (Å²) in [5.74, 6) is -0.349. The van der Waals surface area contributed by atoms with Gasteiger partial charge in [0.1, 0.15) is 0 Å². The fourth-order valence-corrected chi connectivity index (χ4v) is 6.41. The Hall–Kier alpha value is -1.74. The number of likely N-dealkylation sites (N-methyl/N-ethyl adjacent to an activating group) is 1. The number of nitrogens with zero attached hydrogens (tertiary/aromatic N) is 2. The lowest BCUT2D eigenvalue weighted by molar-refractivity contribution is 0.0931. The summed E-state index contributed by atoms with van der Waals surface area (Å²) < 4.78 is 27.9. The van der Waals surface area contributed by atoms with E-state index in [9.17, 15) is 13.2 Å². The van der Waals surface area contributed by atoms with Crippen LogP contribution in [0, 0.1) is 0 Å². The Bertz CT molecular complexity index is 919. The molecule has 6 nitrogen and oxygen atoms in total. The molecule has 0 radical (unpaired) electrons. The van der Waals surface area contributed by atoms with Crippen molar-refractivity contribution in [1.82, 2.24) is 14.5 Å². The Morgan fingerprint density at radius 1 is 1.13 bits per heavy atom. The molecule has 0 saturated carbocycles. The van der Waals surface area contributed by atoms with Gasteiger partial charge < -0.3 is 5.32 Å². The highest BCUT2D eigenvalue weighted by Gasteiger charge is 2.30. The third-order valence-electron chi connectivity index (χ3n) is 5.70. The summed E-state index contributed by atoms with van der Waals surface area (Å²) in [6.07, 6.45) is 2.77. The molecule has 30 heavy (non-hydrogen) atoms. The van der Waals surface area contributed by atoms with Gasteiger partial charge in [0.05, 0.1) is 16.5 Å². The van der Waals surface area contributed by atoms with Crippen molar-refractivity contribution in [3.63, 3.8) is 0 Å². The average Bonchev–Trinajstić information content (AvgIpc) is 3.31. The van der Waals surface area contributed by atoms with E-state index in [0.717, 1.165) is 32.4 Å². The number of piperidine rings is 1. The van der Waals surface area contributed by atoms with Crippen LogP contribution in [0.15, 0.2) is 46.0 Å². The van der Waals surface area contributed by atoms with Crippen LogP contribution >= 0.6 is 11.3 Å². The molecule has 1 saturated heterocycles. The molecule has 1 fully saturated rings. The molecular formula is C22H31N3O3S2. The van der Waals surface area contributed by atoms with Crippen molar-refractivity contribution in [3.8, 4) is 0 Å². The molecule has 0 spiro atoms. The number of hydrogen-bond acceptors (Lipinski definition) is 5. The Balaban J connectivity index is 1.80. The van der Waals surface area contributed by atoms with Crippen LogP contribution in [-0.2, 0) is 10.0 Å². The van der Waals surface area contributed by atoms with E-state index in [1.54, 1.807) is 35.6 Å². The lowest BCUT2D eigenvalue weighted by Crippen LogP contribution is -2.39. The molecule has 1 unspecified atom stereocenters. The first-order valence-corrected chi connectivity index (χ1v) is 13.0. The van der Waals surface area contributed by atoms with Crippen molar-refractivity contribution in [2.45, 2.75) is 44.0 Å². The molecule has 1 N–H and O–H groups in total. The molecule has 1 amide bonds. The van der Waals surface area contributed by atoms with E-state index >= 15 is 0 Å². The van der Waals surface area contributed by atoms with Crippen molar-refractivity contribution in [3.05, 3.63) is 52.2 Å². The summed E-state index contributed by atoms with van der Waals surface area (Å²) in [4.78, 5) is 15.4. The molecule has 1 aliphatic heterocycles. The van der Waals surface area contributed by atoms with E-state index in [-0.39, 0.29) is 22.4 Å². The normalized spacial score (nSPS) is 16.5. The SMILES string of the molecule is CCN(CC)C(CNC(=O)c1ccccc1S(=O)(=O)N1CCCCC1)c1ccsc1. The highest BCUT2D eigenvalue weighted by Crippen LogP contribution is 2.25. The van der Waals surface area contributed by atoms with Gasteiger partial charge in [0.25, 0.3) is 5.91 Å². The number of hydrogen-bond donors (Lipinski definition) is 1. The number of amides is 1. The largest absolute Gasteiger partial charge is 0.350 e. The third kappa shape index (κ3) is 5.11. The first kappa shape index (κ1) is 22.9. The molecule has 2 heterocycles. The summed E-state index contributed by atoms with van der Waals surface area (Å²) >= 11 is 1.63. The molecule has 0 aliphatic carbocycles. The van der Waals surface area contributed by atoms with Crippen LogP contribution in [0.3, 0.4) is 0 Å². The van der Waals surface area contributed by atoms with E-state index in [2.05, 4.69) is 35.5 Å². The summed E-state index contributed by atoms with van der Waals surface area (Å²) in [7, 11) is -3.68. The number of carbonyl (C=O) groups excluding carboxylic acids is 1. The summed E-state index contributed by atoms with van der Waals surface area (Å²) in [5, 5.41) is 7.13. The number of thiophene rings is 1. The molecule has 3 rings (SSSR count). The lowest BCUT2D eigenvalue weighted by Gasteiger charge is -2.30. The zero-order valence-corrected chi connectivity index (χ0v) is 19.3. The predicted molar refractivity (Wildman–Crippen MR) is 121 cm³/mol. The highest BCUT2D eigenvalue weighted by molar-refractivity contribution is 7.89. The van der Waals surface area contributed by atoms with Gasteiger partial charge >= 0.3 is 0 Å². The van der Waals surface area contributed by atoms with Gasteiger partial charge in [0.15, 0.2) is 0 Å². The van der Waals surface area contributed by atoms with Crippen LogP contribution in [0.4, 0.5) is 0 Å². The molecule has 1 aliphatic rings. The standard InChI is InChI=1S/C22H31N3O3S2/c1-3-24(4-2)20(18-12-15-29-17-18)16-23-22(26)19-10-6-7-11-21(19)30(27,28)25-13-8-5-9-14-25/h6-7,10-12,15,17,20H,3-5,8-9,13-14,16H2,1-2H3,(H,23,26). The second-order valence-electron chi connectivity index (χ2n) is 7.46. The molecule has 8 heteroatoms. The van der Waals surface area contributed by atoms with E-state index in [0.29, 0.717) is 19.6 Å². The number of carbonyl (C=O) groups is 1. The van der Waals surface area contributed by atoms with Gasteiger partial charge in [-0.15, -0.1) is 0 Å². The van der Waals surface area contributed by atoms with E-state index < -0.39 is 10.0 Å². The van der Waals surface area contributed by atoms with E-state index in [1.165, 1.54) is 9.87 Å². The van der Waals surface area contributed by atoms with Crippen LogP contribution < -0.4 is 5.32 Å². The van der Waals surface area contributed by atoms with Crippen LogP contribution in [0.25, 0.3) is 0 Å². The lowest BCUT2D eigenvalue weighted by atomic mass is 10.1. The zero-order valence-electron chi connectivity index (χ0n) is 17.7. The minimum absolute atomic E-state index is 0.0565. The van der Waals surface area contributed by atoms with Gasteiger partial charge in [-0.05, 0) is 60.5 Å². The van der Waals surface area contributed by atoms with Gasteiger partial charge in [0, 0.05) is 19.6 Å². The quantitative estimate of drug-likeness (QED) is 0.633. The fraction of sp³-hybridized carbons (Fsp3) is 0.500. The molecule has 2 aromatic rings. The van der Waals surface area contributed by atoms with E-state index in [1.807, 2.05) is 5.38 Å². The maximum atomic E-state index is 13.2. The van der Waals surface area contributed by atoms with Crippen LogP contribution in [0.1, 0.15) is 55.1 Å². The second-order valence-corrected chi connectivity index (χ2v) is 10.2. The zero-order chi connectivity index (χ0) is 21.6. The van der Waals surface area contributed by atoms with Crippen molar-refractivity contribution in [2.24, 2.45) is 0 Å². The summed E-state index contributed by atoms with van der Waals surface area (Å²) in [5.41, 5.74) is 1.38. The maximum absolute atomic E-state index is 13.2. The highest BCUT2D eigenvalue weighted by atomic mass is 32.2. The first-order valence-electron chi connectivity index (χ1n) is 10.6. The van der Waals surface area contributed by atoms with Gasteiger partial charge in [-0.25, -0.2) is 8.42 Å². The topological polar surface area (TPSA) is 69.7 Å². The van der Waals surface area contributed by atoms with Gasteiger partial charge in [-0.3, -0.25) is 9.69 Å². The van der Waals surface area contributed by atoms with Crippen molar-refractivity contribution >= 4 is 27.3 Å². The smallest absolute Gasteiger partial charge is 0.252 e. The Kier molecular flexibility index (Phi) is 8.05. The van der Waals surface area contributed by atoms with Crippen molar-refractivity contribution in [2.75, 3.05) is 32.7 Å². The van der Waals surface area contributed by atoms with Crippen LogP contribution in [0.2, 0.25) is 0 Å². The molecule has 164 valence electrons. The maximum Gasteiger partial charge on any atom is 0.252 e. The summed E-state index contributed by atoms with van der Waals surface area (Å²) in [6, 6.07) is 8.67. The molecule has 1 atom stereocenters. The van der Waals surface area contributed by atoms with Gasteiger partial charge in [-0.1, -0.05) is 32.4 Å². The minimum Gasteiger partial charge on any atom is -0.350 e. The Morgan fingerprint density at radius 3 is 2.47 bits per heavy atom. The third-order valence-corrected chi connectivity index (χ3v) is 8.36. The van der Waals surface area contributed by atoms with E-state index in [4.69, 9.17) is 0 Å². The van der Waals surface area contributed by atoms with Crippen LogP contribution in [0.5, 0.6) is 0 Å². The number of nitrogens with one attached hydrogen (secondary N) is 1. The number of rotatable bonds is 9. The monoisotopic (exact) mass is 449 g/mol. The second kappa shape index (κ2) is 10.5. The Labute approximate surface area is 183 Å². The molecule has 0 bridgehead atoms.